The van der Waals surface area contributed by atoms with E-state index in [1.807, 2.05) is 48.5 Å². The van der Waals surface area contributed by atoms with Gasteiger partial charge in [-0.15, -0.1) is 0 Å². The van der Waals surface area contributed by atoms with Gasteiger partial charge in [-0.25, -0.2) is 0 Å². The zero-order chi connectivity index (χ0) is 13.9. The predicted octanol–water partition coefficient (Wildman–Crippen LogP) is 3.17. The third kappa shape index (κ3) is 2.63. The van der Waals surface area contributed by atoms with Crippen molar-refractivity contribution in [2.45, 2.75) is 12.5 Å². The molecule has 2 aromatic carbocycles. The standard InChI is InChI=1S/C16H15ClN2O/c17-12-7-5-11(6-8-12)9-19-16(20)14-10-18-15-4-2-1-3-13(14)15/h1-8,14,18H,9-10H2,(H,19,20). The highest BCUT2D eigenvalue weighted by molar-refractivity contribution is 6.30. The summed E-state index contributed by atoms with van der Waals surface area (Å²) in [5.41, 5.74) is 3.17. The van der Waals surface area contributed by atoms with E-state index < -0.39 is 0 Å². The summed E-state index contributed by atoms with van der Waals surface area (Å²) in [5, 5.41) is 6.94. The van der Waals surface area contributed by atoms with Crippen LogP contribution in [0.3, 0.4) is 0 Å². The van der Waals surface area contributed by atoms with Crippen molar-refractivity contribution in [2.24, 2.45) is 0 Å². The van der Waals surface area contributed by atoms with Crippen molar-refractivity contribution in [2.75, 3.05) is 11.9 Å². The first-order valence-corrected chi connectivity index (χ1v) is 6.97. The number of benzene rings is 2. The van der Waals surface area contributed by atoms with Crippen LogP contribution >= 0.6 is 11.6 Å². The summed E-state index contributed by atoms with van der Waals surface area (Å²) in [6, 6.07) is 15.4. The summed E-state index contributed by atoms with van der Waals surface area (Å²) >= 11 is 5.84. The van der Waals surface area contributed by atoms with Gasteiger partial charge < -0.3 is 10.6 Å². The number of amides is 1. The lowest BCUT2D eigenvalue weighted by Crippen LogP contribution is -2.29. The van der Waals surface area contributed by atoms with Crippen molar-refractivity contribution >= 4 is 23.2 Å². The van der Waals surface area contributed by atoms with Crippen LogP contribution in [0, 0.1) is 0 Å². The molecule has 1 heterocycles. The highest BCUT2D eigenvalue weighted by Gasteiger charge is 2.27. The number of rotatable bonds is 3. The summed E-state index contributed by atoms with van der Waals surface area (Å²) in [7, 11) is 0. The van der Waals surface area contributed by atoms with Crippen LogP contribution in [0.2, 0.25) is 5.02 Å². The van der Waals surface area contributed by atoms with Crippen LogP contribution in [0.15, 0.2) is 48.5 Å². The van der Waals surface area contributed by atoms with Crippen molar-refractivity contribution in [3.05, 3.63) is 64.7 Å². The average molecular weight is 287 g/mol. The Morgan fingerprint density at radius 1 is 1.20 bits per heavy atom. The number of hydrogen-bond acceptors (Lipinski definition) is 2. The molecule has 0 saturated heterocycles. The van der Waals surface area contributed by atoms with Crippen molar-refractivity contribution in [3.63, 3.8) is 0 Å². The van der Waals surface area contributed by atoms with Crippen molar-refractivity contribution in [1.29, 1.82) is 0 Å². The second-order valence-electron chi connectivity index (χ2n) is 4.87. The highest BCUT2D eigenvalue weighted by Crippen LogP contribution is 2.30. The molecule has 0 saturated carbocycles. The van der Waals surface area contributed by atoms with Gasteiger partial charge in [-0.3, -0.25) is 4.79 Å². The zero-order valence-corrected chi connectivity index (χ0v) is 11.7. The van der Waals surface area contributed by atoms with Crippen LogP contribution in [0.5, 0.6) is 0 Å². The Hall–Kier alpha value is -2.00. The lowest BCUT2D eigenvalue weighted by molar-refractivity contribution is -0.122. The maximum absolute atomic E-state index is 12.3. The molecule has 1 atom stereocenters. The maximum atomic E-state index is 12.3. The lowest BCUT2D eigenvalue weighted by atomic mass is 10.0. The normalized spacial score (nSPS) is 16.4. The monoisotopic (exact) mass is 286 g/mol. The van der Waals surface area contributed by atoms with Gasteiger partial charge in [-0.1, -0.05) is 41.9 Å². The van der Waals surface area contributed by atoms with Gasteiger partial charge in [-0.2, -0.15) is 0 Å². The minimum atomic E-state index is -0.112. The summed E-state index contributed by atoms with van der Waals surface area (Å²) in [6.07, 6.45) is 0. The summed E-state index contributed by atoms with van der Waals surface area (Å²) < 4.78 is 0. The number of fused-ring (bicyclic) bond motifs is 1. The van der Waals surface area contributed by atoms with Gasteiger partial charge in [0.1, 0.15) is 0 Å². The molecule has 0 fully saturated rings. The molecule has 2 aromatic rings. The van der Waals surface area contributed by atoms with Gasteiger partial charge in [0, 0.05) is 23.8 Å². The molecule has 4 heteroatoms. The molecule has 0 aromatic heterocycles. The van der Waals surface area contributed by atoms with Crippen LogP contribution in [-0.2, 0) is 11.3 Å². The molecule has 20 heavy (non-hydrogen) atoms. The Morgan fingerprint density at radius 2 is 1.95 bits per heavy atom. The number of carbonyl (C=O) groups excluding carboxylic acids is 1. The molecule has 0 aliphatic carbocycles. The van der Waals surface area contributed by atoms with Crippen LogP contribution in [0.25, 0.3) is 0 Å². The molecule has 2 N–H and O–H groups in total. The fraction of sp³-hybridized carbons (Fsp3) is 0.188. The first-order valence-electron chi connectivity index (χ1n) is 6.59. The van der Waals surface area contributed by atoms with E-state index in [2.05, 4.69) is 10.6 Å². The van der Waals surface area contributed by atoms with Crippen LogP contribution in [-0.4, -0.2) is 12.5 Å². The van der Waals surface area contributed by atoms with Crippen LogP contribution in [0.1, 0.15) is 17.0 Å². The molecular formula is C16H15ClN2O. The number of carbonyl (C=O) groups is 1. The molecule has 3 rings (SSSR count). The molecular weight excluding hydrogens is 272 g/mol. The lowest BCUT2D eigenvalue weighted by Gasteiger charge is -2.11. The van der Waals surface area contributed by atoms with Crippen LogP contribution in [0.4, 0.5) is 5.69 Å². The maximum Gasteiger partial charge on any atom is 0.229 e. The van der Waals surface area contributed by atoms with E-state index in [-0.39, 0.29) is 11.8 Å². The van der Waals surface area contributed by atoms with Gasteiger partial charge in [0.25, 0.3) is 0 Å². The molecule has 0 spiro atoms. The van der Waals surface area contributed by atoms with E-state index >= 15 is 0 Å². The molecule has 1 aliphatic heterocycles. The van der Waals surface area contributed by atoms with E-state index in [4.69, 9.17) is 11.6 Å². The Morgan fingerprint density at radius 3 is 2.75 bits per heavy atom. The Labute approximate surface area is 123 Å². The fourth-order valence-electron chi connectivity index (χ4n) is 2.43. The minimum Gasteiger partial charge on any atom is -0.384 e. The van der Waals surface area contributed by atoms with E-state index in [1.54, 1.807) is 0 Å². The second-order valence-corrected chi connectivity index (χ2v) is 5.30. The molecule has 1 unspecified atom stereocenters. The van der Waals surface area contributed by atoms with Gasteiger partial charge >= 0.3 is 0 Å². The summed E-state index contributed by atoms with van der Waals surface area (Å²) in [5.74, 6) is -0.0594. The number of anilines is 1. The topological polar surface area (TPSA) is 41.1 Å². The van der Waals surface area contributed by atoms with Crippen molar-refractivity contribution < 1.29 is 4.79 Å². The van der Waals surface area contributed by atoms with E-state index in [1.165, 1.54) is 0 Å². The fourth-order valence-corrected chi connectivity index (χ4v) is 2.56. The molecule has 0 radical (unpaired) electrons. The van der Waals surface area contributed by atoms with Crippen molar-refractivity contribution in [1.82, 2.24) is 5.32 Å². The largest absolute Gasteiger partial charge is 0.384 e. The van der Waals surface area contributed by atoms with Crippen LogP contribution < -0.4 is 10.6 Å². The number of nitrogens with one attached hydrogen (secondary N) is 2. The Bertz CT molecular complexity index is 625. The predicted molar refractivity (Wildman–Crippen MR) is 81.0 cm³/mol. The quantitative estimate of drug-likeness (QED) is 0.910. The number of para-hydroxylation sites is 1. The van der Waals surface area contributed by atoms with E-state index in [9.17, 15) is 4.79 Å². The average Bonchev–Trinajstić information content (AvgIpc) is 2.90. The Kier molecular flexibility index (Phi) is 3.61. The minimum absolute atomic E-state index is 0.0531. The second kappa shape index (κ2) is 5.55. The first-order chi connectivity index (χ1) is 9.74. The molecule has 1 amide bonds. The highest BCUT2D eigenvalue weighted by atomic mass is 35.5. The number of halogens is 1. The zero-order valence-electron chi connectivity index (χ0n) is 10.9. The first kappa shape index (κ1) is 13.0. The molecule has 102 valence electrons. The Balaban J connectivity index is 1.65. The summed E-state index contributed by atoms with van der Waals surface area (Å²) in [6.45, 7) is 1.18. The molecule has 1 aliphatic rings. The molecule has 0 bridgehead atoms. The SMILES string of the molecule is O=C(NCc1ccc(Cl)cc1)C1CNc2ccccc21. The van der Waals surface area contributed by atoms with E-state index in [0.29, 0.717) is 18.1 Å². The van der Waals surface area contributed by atoms with Gasteiger partial charge in [0.2, 0.25) is 5.91 Å². The van der Waals surface area contributed by atoms with Gasteiger partial charge in [0.05, 0.1) is 5.92 Å². The third-order valence-corrected chi connectivity index (χ3v) is 3.78. The van der Waals surface area contributed by atoms with Gasteiger partial charge in [0.15, 0.2) is 0 Å². The summed E-state index contributed by atoms with van der Waals surface area (Å²) in [4.78, 5) is 12.3. The van der Waals surface area contributed by atoms with Crippen molar-refractivity contribution in [3.8, 4) is 0 Å². The number of hydrogen-bond donors (Lipinski definition) is 2. The smallest absolute Gasteiger partial charge is 0.229 e. The van der Waals surface area contributed by atoms with Gasteiger partial charge in [-0.05, 0) is 29.3 Å². The van der Waals surface area contributed by atoms with E-state index in [0.717, 1.165) is 16.8 Å². The molecule has 3 nitrogen and oxygen atoms in total. The third-order valence-electron chi connectivity index (χ3n) is 3.53.